The van der Waals surface area contributed by atoms with Gasteiger partial charge >= 0.3 is 0 Å². The summed E-state index contributed by atoms with van der Waals surface area (Å²) in [4.78, 5) is 8.65. The quantitative estimate of drug-likeness (QED) is 0.409. The summed E-state index contributed by atoms with van der Waals surface area (Å²) in [7, 11) is 17.2. The van der Waals surface area contributed by atoms with E-state index < -0.39 is 17.4 Å². The van der Waals surface area contributed by atoms with Crippen molar-refractivity contribution in [2.75, 3.05) is 5.73 Å². The number of aromatic nitrogens is 3. The van der Waals surface area contributed by atoms with Crippen molar-refractivity contribution in [2.24, 2.45) is 4.99 Å². The summed E-state index contributed by atoms with van der Waals surface area (Å²) in [5, 5.41) is 2.53. The fourth-order valence-electron chi connectivity index (χ4n) is 3.01. The number of aryl methyl sites for hydroxylation is 1. The first kappa shape index (κ1) is 29.3. The second kappa shape index (κ2) is 12.7. The summed E-state index contributed by atoms with van der Waals surface area (Å²) in [6.45, 7) is 11.2. The molecule has 34 heavy (non-hydrogen) atoms. The molecule has 0 amide bonds. The minimum absolute atomic E-state index is 0.00391. The van der Waals surface area contributed by atoms with Crippen molar-refractivity contribution in [3.63, 3.8) is 0 Å². The number of nitrogen functional groups attached to an aromatic ring is 1. The van der Waals surface area contributed by atoms with Crippen LogP contribution >= 0.6 is 0 Å². The van der Waals surface area contributed by atoms with E-state index in [9.17, 15) is 13.2 Å². The minimum atomic E-state index is -2.12. The molecule has 2 N–H and O–H groups in total. The highest BCUT2D eigenvalue weighted by Gasteiger charge is 2.22. The second-order valence-corrected chi connectivity index (χ2v) is 7.71. The van der Waals surface area contributed by atoms with Gasteiger partial charge < -0.3 is 5.73 Å². The van der Waals surface area contributed by atoms with E-state index in [0.717, 1.165) is 17.0 Å². The number of nitrogens with zero attached hydrogens (tertiary/aromatic N) is 4. The zero-order valence-electron chi connectivity index (χ0n) is 20.5. The Bertz CT molecular complexity index is 1120. The van der Waals surface area contributed by atoms with Crippen LogP contribution in [0, 0.1) is 12.7 Å². The molecule has 3 aromatic rings. The average molecular weight is 465 g/mol. The summed E-state index contributed by atoms with van der Waals surface area (Å²) in [6.07, 6.45) is -0.902. The van der Waals surface area contributed by atoms with Crippen LogP contribution < -0.4 is 5.73 Å². The fraction of sp³-hybridized carbons (Fsp3) is 0.435. The highest BCUT2D eigenvalue weighted by atomic mass is 19.3. The molecule has 3 rings (SSSR count). The molecule has 11 heteroatoms. The Morgan fingerprint density at radius 1 is 1.21 bits per heavy atom. The number of aliphatic imine (C=N–C) groups is 1. The van der Waals surface area contributed by atoms with Crippen LogP contribution in [0.25, 0.3) is 16.6 Å². The van der Waals surface area contributed by atoms with Crippen LogP contribution in [0.4, 0.5) is 24.8 Å². The van der Waals surface area contributed by atoms with Crippen LogP contribution in [0.3, 0.4) is 0 Å². The number of nitrogens with two attached hydrogens (primary N) is 1. The van der Waals surface area contributed by atoms with Crippen molar-refractivity contribution >= 4 is 46.4 Å². The molecule has 0 saturated carbocycles. The molecule has 2 heterocycles. The lowest BCUT2D eigenvalue weighted by Crippen LogP contribution is -2.18. The highest BCUT2D eigenvalue weighted by molar-refractivity contribution is 6.59. The maximum Gasteiger partial charge on any atom is 0.238 e. The maximum atomic E-state index is 14.8. The number of halogens is 3. The third-order valence-electron chi connectivity index (χ3n) is 4.29. The van der Waals surface area contributed by atoms with Crippen molar-refractivity contribution in [3.05, 3.63) is 41.5 Å². The molecule has 0 aliphatic carbocycles. The summed E-state index contributed by atoms with van der Waals surface area (Å²) >= 11 is 0. The number of anilines is 1. The van der Waals surface area contributed by atoms with Gasteiger partial charge in [0.05, 0.1) is 46.6 Å². The van der Waals surface area contributed by atoms with Gasteiger partial charge in [-0.25, -0.2) is 22.7 Å². The van der Waals surface area contributed by atoms with Gasteiger partial charge in [0.2, 0.25) is 12.4 Å². The van der Waals surface area contributed by atoms with Crippen molar-refractivity contribution in [2.45, 2.75) is 65.9 Å². The lowest BCUT2D eigenvalue weighted by Gasteiger charge is -2.19. The Balaban J connectivity index is 0.000000733. The number of hydrogen-bond acceptors (Lipinski definition) is 4. The van der Waals surface area contributed by atoms with Gasteiger partial charge in [0.15, 0.2) is 5.82 Å². The van der Waals surface area contributed by atoms with Crippen molar-refractivity contribution in [1.29, 1.82) is 0 Å². The van der Waals surface area contributed by atoms with Crippen LogP contribution in [-0.2, 0) is 6.42 Å². The smallest absolute Gasteiger partial charge is 0.238 e. The van der Waals surface area contributed by atoms with Gasteiger partial charge in [-0.3, -0.25) is 4.99 Å². The Morgan fingerprint density at radius 3 is 2.26 bits per heavy atom. The molecular formula is C23H29B3F3N5. The summed E-state index contributed by atoms with van der Waals surface area (Å²) < 4.78 is 37.7. The Morgan fingerprint density at radius 2 is 1.79 bits per heavy atom. The predicted molar refractivity (Wildman–Crippen MR) is 137 cm³/mol. The molecule has 5 nitrogen and oxygen atoms in total. The summed E-state index contributed by atoms with van der Waals surface area (Å²) in [5.74, 6) is -0.488. The zero-order chi connectivity index (χ0) is 26.2. The first-order valence-electron chi connectivity index (χ1n) is 10.9. The monoisotopic (exact) mass is 465 g/mol. The lowest BCUT2D eigenvalue weighted by molar-refractivity contribution is 0.144. The maximum absolute atomic E-state index is 14.8. The molecule has 2 aromatic heterocycles. The van der Waals surface area contributed by atoms with E-state index in [1.165, 1.54) is 17.6 Å². The van der Waals surface area contributed by atoms with Crippen LogP contribution in [0.15, 0.2) is 29.4 Å². The first-order chi connectivity index (χ1) is 15.8. The van der Waals surface area contributed by atoms with Gasteiger partial charge in [0.1, 0.15) is 0 Å². The van der Waals surface area contributed by atoms with Gasteiger partial charge in [-0.15, -0.1) is 10.2 Å². The van der Waals surface area contributed by atoms with E-state index >= 15 is 0 Å². The molecule has 0 aliphatic rings. The Hall–Kier alpha value is -2.71. The largest absolute Gasteiger partial charge is 0.367 e. The molecule has 0 atom stereocenters. The van der Waals surface area contributed by atoms with Gasteiger partial charge in [-0.1, -0.05) is 26.8 Å². The van der Waals surface area contributed by atoms with Crippen LogP contribution in [0.2, 0.25) is 5.11 Å². The van der Waals surface area contributed by atoms with E-state index in [4.69, 9.17) is 29.3 Å². The van der Waals surface area contributed by atoms with E-state index in [2.05, 4.69) is 15.1 Å². The molecule has 0 fully saturated rings. The van der Waals surface area contributed by atoms with E-state index in [-0.39, 0.29) is 18.8 Å². The minimum Gasteiger partial charge on any atom is -0.367 e. The molecular weight excluding hydrogens is 436 g/mol. The second-order valence-electron chi connectivity index (χ2n) is 7.71. The van der Waals surface area contributed by atoms with Gasteiger partial charge in [-0.2, -0.15) is 0 Å². The number of alkyl halides is 2. The number of fused-ring (bicyclic) bond motifs is 1. The molecule has 0 aliphatic heterocycles. The molecule has 0 spiro atoms. The van der Waals surface area contributed by atoms with Crippen molar-refractivity contribution in [3.8, 4) is 11.1 Å². The van der Waals surface area contributed by atoms with Crippen LogP contribution in [0.1, 0.15) is 52.3 Å². The average Bonchev–Trinajstić information content (AvgIpc) is 3.05. The lowest BCUT2D eigenvalue weighted by atomic mass is 9.41. The standard InChI is InChI=1S/C18H17B3FN5.C3H6F2.C2H6/c1-9(2)24-13-5-4-11(6-10(13)3)15-12(22)8-27-16(15)14(7-18(19,20)21)25-17(23)26-27;1-2-3(4)5;1-2/h4-6,8H,7H2,1-3H3,(H2,23,26);3H,2H2,1H3;1-2H3. The Kier molecular flexibility index (Phi) is 10.9. The van der Waals surface area contributed by atoms with E-state index in [0.29, 0.717) is 22.3 Å². The molecule has 0 bridgehead atoms. The number of hydrogen-bond donors (Lipinski definition) is 1. The molecule has 176 valence electrons. The van der Waals surface area contributed by atoms with E-state index in [1.54, 1.807) is 6.07 Å². The molecule has 6 radical (unpaired) electrons. The van der Waals surface area contributed by atoms with Crippen molar-refractivity contribution < 1.29 is 13.2 Å². The SMILES string of the molecule is CC.CCC(F)F.[B]C([B])([B])Cc1nc(N)nn2cc(F)c(-c3ccc(N=C(C)C)c(C)c3)c12. The van der Waals surface area contributed by atoms with Gasteiger partial charge in [0.25, 0.3) is 0 Å². The predicted octanol–water partition coefficient (Wildman–Crippen LogP) is 5.35. The zero-order valence-corrected chi connectivity index (χ0v) is 20.5. The van der Waals surface area contributed by atoms with E-state index in [1.807, 2.05) is 46.8 Å². The molecule has 0 unspecified atom stereocenters. The van der Waals surface area contributed by atoms with Crippen LogP contribution in [0.5, 0.6) is 0 Å². The van der Waals surface area contributed by atoms with Gasteiger partial charge in [-0.05, 0) is 50.5 Å². The third kappa shape index (κ3) is 8.26. The van der Waals surface area contributed by atoms with Crippen LogP contribution in [-0.4, -0.2) is 50.3 Å². The molecule has 0 saturated heterocycles. The van der Waals surface area contributed by atoms with Gasteiger partial charge in [0, 0.05) is 17.7 Å². The highest BCUT2D eigenvalue weighted by Crippen LogP contribution is 2.35. The topological polar surface area (TPSA) is 68.6 Å². The fourth-order valence-corrected chi connectivity index (χ4v) is 3.01. The van der Waals surface area contributed by atoms with Crippen molar-refractivity contribution in [1.82, 2.24) is 14.6 Å². The number of rotatable bonds is 5. The normalized spacial score (nSPS) is 10.9. The first-order valence-corrected chi connectivity index (χ1v) is 10.9. The summed E-state index contributed by atoms with van der Waals surface area (Å²) in [6, 6.07) is 5.51. The Labute approximate surface area is 203 Å². The summed E-state index contributed by atoms with van der Waals surface area (Å²) in [5.41, 5.74) is 10.2. The number of benzene rings is 1. The third-order valence-corrected chi connectivity index (χ3v) is 4.29. The molecule has 1 aromatic carbocycles.